The van der Waals surface area contributed by atoms with Crippen molar-refractivity contribution in [3.63, 3.8) is 0 Å². The molecule has 1 aromatic rings. The van der Waals surface area contributed by atoms with E-state index in [-0.39, 0.29) is 17.9 Å². The smallest absolute Gasteiger partial charge is 0.294 e. The second-order valence-corrected chi connectivity index (χ2v) is 4.39. The molecule has 5 heteroatoms. The molecular weight excluding hydrogens is 204 g/mol. The Hall–Kier alpha value is -0.910. The van der Waals surface area contributed by atoms with Gasteiger partial charge in [0.25, 0.3) is 10.1 Å². The lowest BCUT2D eigenvalue weighted by Gasteiger charge is -2.08. The van der Waals surface area contributed by atoms with Gasteiger partial charge in [-0.2, -0.15) is 8.42 Å². The zero-order valence-electron chi connectivity index (χ0n) is 7.77. The van der Waals surface area contributed by atoms with Gasteiger partial charge in [-0.1, -0.05) is 12.1 Å². The summed E-state index contributed by atoms with van der Waals surface area (Å²) in [5.41, 5.74) is 1.21. The van der Waals surface area contributed by atoms with Crippen LogP contribution >= 0.6 is 0 Å². The van der Waals surface area contributed by atoms with E-state index < -0.39 is 10.1 Å². The van der Waals surface area contributed by atoms with Crippen LogP contribution in [-0.2, 0) is 16.5 Å². The molecule has 0 aliphatic carbocycles. The van der Waals surface area contributed by atoms with Crippen molar-refractivity contribution >= 4 is 10.1 Å². The molecule has 1 rings (SSSR count). The summed E-state index contributed by atoms with van der Waals surface area (Å²) in [6.07, 6.45) is 0.224. The lowest BCUT2D eigenvalue weighted by atomic mass is 10.1. The van der Waals surface area contributed by atoms with Gasteiger partial charge in [-0.15, -0.1) is 0 Å². The normalized spacial score (nSPS) is 11.6. The van der Waals surface area contributed by atoms with E-state index in [0.29, 0.717) is 5.56 Å². The lowest BCUT2D eigenvalue weighted by molar-refractivity contribution is 0.298. The zero-order valence-corrected chi connectivity index (χ0v) is 8.58. The van der Waals surface area contributed by atoms with Gasteiger partial charge >= 0.3 is 0 Å². The van der Waals surface area contributed by atoms with Crippen molar-refractivity contribution in [2.45, 2.75) is 18.2 Å². The van der Waals surface area contributed by atoms with Gasteiger partial charge in [0.2, 0.25) is 0 Å². The van der Waals surface area contributed by atoms with Crippen molar-refractivity contribution < 1.29 is 18.1 Å². The van der Waals surface area contributed by atoms with Crippen LogP contribution in [0.4, 0.5) is 0 Å². The SMILES string of the molecule is Cc1cccc(S(=O)(=O)O)c1CCO. The number of aryl methyl sites for hydroxylation is 1. The van der Waals surface area contributed by atoms with E-state index in [1.165, 1.54) is 6.07 Å². The first-order valence-corrected chi connectivity index (χ1v) is 5.57. The molecule has 0 aliphatic heterocycles. The van der Waals surface area contributed by atoms with Gasteiger partial charge in [0.15, 0.2) is 0 Å². The van der Waals surface area contributed by atoms with E-state index in [1.807, 2.05) is 0 Å². The number of hydrogen-bond donors (Lipinski definition) is 2. The number of rotatable bonds is 3. The first-order valence-electron chi connectivity index (χ1n) is 4.13. The predicted octanol–water partition coefficient (Wildman–Crippen LogP) is 0.777. The molecule has 0 bridgehead atoms. The molecule has 2 N–H and O–H groups in total. The maximum absolute atomic E-state index is 11.0. The van der Waals surface area contributed by atoms with E-state index in [4.69, 9.17) is 9.66 Å². The largest absolute Gasteiger partial charge is 0.396 e. The average molecular weight is 216 g/mol. The predicted molar refractivity (Wildman–Crippen MR) is 51.8 cm³/mol. The highest BCUT2D eigenvalue weighted by atomic mass is 32.2. The Morgan fingerprint density at radius 3 is 2.50 bits per heavy atom. The summed E-state index contributed by atoms with van der Waals surface area (Å²) >= 11 is 0. The Labute approximate surface area is 82.9 Å². The van der Waals surface area contributed by atoms with Crippen LogP contribution in [0.1, 0.15) is 11.1 Å². The third-order valence-electron chi connectivity index (χ3n) is 2.01. The molecule has 0 aliphatic rings. The van der Waals surface area contributed by atoms with E-state index in [0.717, 1.165) is 5.56 Å². The minimum absolute atomic E-state index is 0.119. The summed E-state index contributed by atoms with van der Waals surface area (Å²) in [6, 6.07) is 4.62. The van der Waals surface area contributed by atoms with Crippen molar-refractivity contribution in [2.75, 3.05) is 6.61 Å². The van der Waals surface area contributed by atoms with Gasteiger partial charge in [-0.25, -0.2) is 0 Å². The van der Waals surface area contributed by atoms with Gasteiger partial charge in [0.1, 0.15) is 0 Å². The van der Waals surface area contributed by atoms with E-state index in [1.54, 1.807) is 19.1 Å². The summed E-state index contributed by atoms with van der Waals surface area (Å²) in [4.78, 5) is -0.119. The standard InChI is InChI=1S/C9H12O4S/c1-7-3-2-4-9(14(11,12)13)8(7)5-6-10/h2-4,10H,5-6H2,1H3,(H,11,12,13). The van der Waals surface area contributed by atoms with E-state index in [9.17, 15) is 8.42 Å². The summed E-state index contributed by atoms with van der Waals surface area (Å²) in [5.74, 6) is 0. The van der Waals surface area contributed by atoms with Gasteiger partial charge < -0.3 is 5.11 Å². The number of aliphatic hydroxyl groups is 1. The molecule has 0 amide bonds. The Balaban J connectivity index is 3.36. The molecular formula is C9H12O4S. The monoisotopic (exact) mass is 216 g/mol. The molecule has 0 spiro atoms. The van der Waals surface area contributed by atoms with Crippen LogP contribution in [0.25, 0.3) is 0 Å². The maximum Gasteiger partial charge on any atom is 0.294 e. The number of benzene rings is 1. The van der Waals surface area contributed by atoms with Crippen LogP contribution in [-0.4, -0.2) is 24.7 Å². The van der Waals surface area contributed by atoms with Crippen molar-refractivity contribution in [3.8, 4) is 0 Å². The highest BCUT2D eigenvalue weighted by molar-refractivity contribution is 7.85. The van der Waals surface area contributed by atoms with Gasteiger partial charge in [-0.05, 0) is 30.5 Å². The van der Waals surface area contributed by atoms with Crippen molar-refractivity contribution in [2.24, 2.45) is 0 Å². The third-order valence-corrected chi connectivity index (χ3v) is 2.95. The number of aliphatic hydroxyl groups excluding tert-OH is 1. The zero-order chi connectivity index (χ0) is 10.8. The Bertz CT molecular complexity index is 422. The molecule has 0 saturated carbocycles. The molecule has 0 aromatic heterocycles. The van der Waals surface area contributed by atoms with Crippen LogP contribution in [0.15, 0.2) is 23.1 Å². The minimum Gasteiger partial charge on any atom is -0.396 e. The van der Waals surface area contributed by atoms with Crippen LogP contribution in [0, 0.1) is 6.92 Å². The van der Waals surface area contributed by atoms with Crippen molar-refractivity contribution in [3.05, 3.63) is 29.3 Å². The summed E-state index contributed by atoms with van der Waals surface area (Å²) in [5, 5.41) is 8.76. The Morgan fingerprint density at radius 2 is 2.00 bits per heavy atom. The fourth-order valence-corrected chi connectivity index (χ4v) is 2.17. The maximum atomic E-state index is 11.0. The van der Waals surface area contributed by atoms with Crippen LogP contribution < -0.4 is 0 Å². The molecule has 0 fully saturated rings. The minimum atomic E-state index is -4.19. The second kappa shape index (κ2) is 4.08. The summed E-state index contributed by atoms with van der Waals surface area (Å²) in [7, 11) is -4.19. The highest BCUT2D eigenvalue weighted by Gasteiger charge is 2.15. The van der Waals surface area contributed by atoms with Crippen LogP contribution in [0.5, 0.6) is 0 Å². The molecule has 0 saturated heterocycles. The van der Waals surface area contributed by atoms with Crippen LogP contribution in [0.2, 0.25) is 0 Å². The first kappa shape index (κ1) is 11.2. The Kier molecular flexibility index (Phi) is 3.25. The molecule has 0 heterocycles. The lowest BCUT2D eigenvalue weighted by Crippen LogP contribution is -2.06. The van der Waals surface area contributed by atoms with Gasteiger partial charge in [0.05, 0.1) is 4.90 Å². The summed E-state index contributed by atoms with van der Waals surface area (Å²) in [6.45, 7) is 1.59. The van der Waals surface area contributed by atoms with Crippen molar-refractivity contribution in [1.29, 1.82) is 0 Å². The average Bonchev–Trinajstić information content (AvgIpc) is 2.07. The first-order chi connectivity index (χ1) is 6.46. The second-order valence-electron chi connectivity index (χ2n) is 3.00. The van der Waals surface area contributed by atoms with Gasteiger partial charge in [-0.3, -0.25) is 4.55 Å². The van der Waals surface area contributed by atoms with Crippen LogP contribution in [0.3, 0.4) is 0 Å². The molecule has 14 heavy (non-hydrogen) atoms. The Morgan fingerprint density at radius 1 is 1.36 bits per heavy atom. The fraction of sp³-hybridized carbons (Fsp3) is 0.333. The molecule has 0 atom stereocenters. The van der Waals surface area contributed by atoms with Crippen molar-refractivity contribution in [1.82, 2.24) is 0 Å². The molecule has 1 aromatic carbocycles. The molecule has 4 nitrogen and oxygen atoms in total. The van der Waals surface area contributed by atoms with E-state index >= 15 is 0 Å². The fourth-order valence-electron chi connectivity index (χ4n) is 1.35. The number of hydrogen-bond acceptors (Lipinski definition) is 3. The highest BCUT2D eigenvalue weighted by Crippen LogP contribution is 2.19. The summed E-state index contributed by atoms with van der Waals surface area (Å²) < 4.78 is 30.8. The topological polar surface area (TPSA) is 74.6 Å². The molecule has 0 radical (unpaired) electrons. The molecule has 78 valence electrons. The molecule has 0 unspecified atom stereocenters. The van der Waals surface area contributed by atoms with E-state index in [2.05, 4.69) is 0 Å². The quantitative estimate of drug-likeness (QED) is 0.732. The third kappa shape index (κ3) is 2.31. The van der Waals surface area contributed by atoms with Gasteiger partial charge in [0, 0.05) is 6.61 Å².